The Labute approximate surface area is 384 Å². The number of nitrogens with one attached hydrogen (secondary N) is 1. The number of nitrogens with zero attached hydrogens (tertiary/aromatic N) is 3. The van der Waals surface area contributed by atoms with E-state index in [1.54, 1.807) is 24.3 Å². The number of hydrogen-bond donors (Lipinski definition) is 1. The van der Waals surface area contributed by atoms with Gasteiger partial charge in [0, 0.05) is 50.7 Å². The molecule has 10 rings (SSSR count). The molecule has 66 heavy (non-hydrogen) atoms. The van der Waals surface area contributed by atoms with E-state index in [1.807, 2.05) is 36.4 Å². The first-order valence-corrected chi connectivity index (χ1v) is 23.5. The highest BCUT2D eigenvalue weighted by atomic mass is 19.1. The first kappa shape index (κ1) is 43.5. The van der Waals surface area contributed by atoms with Crippen LogP contribution in [0, 0.1) is 5.82 Å². The summed E-state index contributed by atoms with van der Waals surface area (Å²) in [4.78, 5) is 56.2. The minimum atomic E-state index is -0.976. The van der Waals surface area contributed by atoms with E-state index in [9.17, 15) is 23.6 Å². The number of benzene rings is 5. The lowest BCUT2D eigenvalue weighted by Gasteiger charge is -2.36. The van der Waals surface area contributed by atoms with Gasteiger partial charge in [-0.3, -0.25) is 34.3 Å². The fourth-order valence-corrected chi connectivity index (χ4v) is 10.6. The van der Waals surface area contributed by atoms with Crippen LogP contribution in [-0.2, 0) is 27.4 Å². The zero-order valence-electron chi connectivity index (χ0n) is 37.0. The molecule has 3 aliphatic heterocycles. The summed E-state index contributed by atoms with van der Waals surface area (Å²) in [5.41, 5.74) is 7.54. The lowest BCUT2D eigenvalue weighted by Crippen LogP contribution is -2.54. The minimum absolute atomic E-state index is 0.0906. The molecule has 0 aromatic heterocycles. The van der Waals surface area contributed by atoms with Crippen LogP contribution in [0.1, 0.15) is 105 Å². The zero-order valence-corrected chi connectivity index (χ0v) is 37.0. The van der Waals surface area contributed by atoms with Gasteiger partial charge < -0.3 is 19.1 Å². The van der Waals surface area contributed by atoms with Crippen LogP contribution in [-0.4, -0.2) is 91.0 Å². The molecular formula is C54H55FN4O7. The lowest BCUT2D eigenvalue weighted by atomic mass is 9.69. The topological polar surface area (TPSA) is 118 Å². The van der Waals surface area contributed by atoms with Crippen molar-refractivity contribution in [2.24, 2.45) is 0 Å². The van der Waals surface area contributed by atoms with Crippen molar-refractivity contribution in [1.29, 1.82) is 0 Å². The van der Waals surface area contributed by atoms with Gasteiger partial charge in [0.15, 0.2) is 0 Å². The Morgan fingerprint density at radius 3 is 2.12 bits per heavy atom. The van der Waals surface area contributed by atoms with Gasteiger partial charge >= 0.3 is 0 Å². The summed E-state index contributed by atoms with van der Waals surface area (Å²) in [5.74, 6) is -0.142. The number of carbonyl (C=O) groups is 4. The summed E-state index contributed by atoms with van der Waals surface area (Å²) in [6.07, 6.45) is 6.21. The van der Waals surface area contributed by atoms with Gasteiger partial charge in [0.1, 0.15) is 30.0 Å². The number of carbonyl (C=O) groups excluding carboxylic acids is 4. The van der Waals surface area contributed by atoms with Gasteiger partial charge in [0.25, 0.3) is 11.8 Å². The Balaban J connectivity index is 0.688. The van der Waals surface area contributed by atoms with Crippen LogP contribution < -0.4 is 19.7 Å². The molecule has 2 saturated heterocycles. The van der Waals surface area contributed by atoms with Crippen molar-refractivity contribution in [3.05, 3.63) is 160 Å². The van der Waals surface area contributed by atoms with Crippen LogP contribution in [0.5, 0.6) is 11.5 Å². The Hall–Kier alpha value is -6.37. The number of hydrogen-bond acceptors (Lipinski definition) is 9. The molecule has 340 valence electrons. The first-order chi connectivity index (χ1) is 32.2. The van der Waals surface area contributed by atoms with Crippen molar-refractivity contribution < 1.29 is 37.8 Å². The molecule has 12 heteroatoms. The highest BCUT2D eigenvalue weighted by Crippen LogP contribution is 2.47. The number of imide groups is 2. The summed E-state index contributed by atoms with van der Waals surface area (Å²) in [7, 11) is 0. The Morgan fingerprint density at radius 2 is 1.36 bits per heavy atom. The molecule has 2 aliphatic carbocycles. The molecule has 0 bridgehead atoms. The molecule has 4 amide bonds. The number of ether oxygens (including phenoxy) is 3. The fourth-order valence-electron chi connectivity index (χ4n) is 10.6. The number of piperidine rings is 1. The minimum Gasteiger partial charge on any atom is -0.490 e. The van der Waals surface area contributed by atoms with Gasteiger partial charge in [-0.25, -0.2) is 4.39 Å². The van der Waals surface area contributed by atoms with Crippen LogP contribution in [0.3, 0.4) is 0 Å². The fraction of sp³-hybridized carbons (Fsp3) is 0.370. The molecule has 0 radical (unpaired) electrons. The number of aryl methyl sites for hydroxylation is 1. The molecule has 1 unspecified atom stereocenters. The van der Waals surface area contributed by atoms with E-state index < -0.39 is 29.7 Å². The SMILES string of the molecule is O=C1CCC(N2C(=O)c3ccc(N4CCN(CCOC5CCC(Oc6ccc([C@@H]7c8ccc(OCc9ccccc9)cc8CC[C@@H]7c7ccc(F)cc7)cc6)CC5)CC4)cc3C2=O)C(=O)N1. The van der Waals surface area contributed by atoms with Gasteiger partial charge in [0.05, 0.1) is 29.9 Å². The van der Waals surface area contributed by atoms with Gasteiger partial charge in [0.2, 0.25) is 11.8 Å². The number of rotatable bonds is 13. The van der Waals surface area contributed by atoms with Crippen LogP contribution in [0.15, 0.2) is 115 Å². The predicted octanol–water partition coefficient (Wildman–Crippen LogP) is 8.20. The quantitative estimate of drug-likeness (QED) is 0.117. The summed E-state index contributed by atoms with van der Waals surface area (Å²) in [6.45, 7) is 5.26. The largest absolute Gasteiger partial charge is 0.490 e. The normalized spacial score (nSPS) is 23.3. The molecule has 3 fully saturated rings. The van der Waals surface area contributed by atoms with E-state index in [2.05, 4.69) is 69.7 Å². The van der Waals surface area contributed by atoms with E-state index in [-0.39, 0.29) is 42.7 Å². The van der Waals surface area contributed by atoms with Crippen LogP contribution >= 0.6 is 0 Å². The average molecular weight is 891 g/mol. The Morgan fingerprint density at radius 1 is 0.652 bits per heavy atom. The lowest BCUT2D eigenvalue weighted by molar-refractivity contribution is -0.136. The maximum atomic E-state index is 14.0. The second-order valence-electron chi connectivity index (χ2n) is 18.3. The molecule has 1 saturated carbocycles. The Kier molecular flexibility index (Phi) is 12.7. The van der Waals surface area contributed by atoms with Crippen molar-refractivity contribution >= 4 is 29.3 Å². The smallest absolute Gasteiger partial charge is 0.262 e. The summed E-state index contributed by atoms with van der Waals surface area (Å²) in [5, 5.41) is 2.25. The van der Waals surface area contributed by atoms with Crippen LogP contribution in [0.25, 0.3) is 0 Å². The molecule has 3 atom stereocenters. The molecule has 3 heterocycles. The van der Waals surface area contributed by atoms with Crippen molar-refractivity contribution in [2.45, 2.75) is 88.1 Å². The van der Waals surface area contributed by atoms with Gasteiger partial charge in [-0.05, 0) is 133 Å². The van der Waals surface area contributed by atoms with Crippen LogP contribution in [0.4, 0.5) is 10.1 Å². The molecule has 11 nitrogen and oxygen atoms in total. The number of anilines is 1. The van der Waals surface area contributed by atoms with Gasteiger partial charge in [-0.1, -0.05) is 60.7 Å². The van der Waals surface area contributed by atoms with Gasteiger partial charge in [-0.15, -0.1) is 0 Å². The van der Waals surface area contributed by atoms with Crippen LogP contribution in [0.2, 0.25) is 0 Å². The number of fused-ring (bicyclic) bond motifs is 2. The predicted molar refractivity (Wildman–Crippen MR) is 247 cm³/mol. The van der Waals surface area contributed by atoms with Crippen molar-refractivity contribution in [3.8, 4) is 11.5 Å². The van der Waals surface area contributed by atoms with Gasteiger partial charge in [-0.2, -0.15) is 0 Å². The standard InChI is InChI=1S/C54H55FN4O7/c55-39-11-6-36(7-12-39)45-21-10-38-32-44(65-34-35-4-2-1-3-5-35)20-23-46(38)51(45)37-8-14-42(15-9-37)66-43-18-16-41(17-19-43)64-31-30-57-26-28-58(29-27-57)40-13-22-47-48(33-40)54(63)59(53(47)62)49-24-25-50(60)56-52(49)61/h1-9,11-15,20,22-23,32-33,41,43,45,49,51H,10,16-19,21,24-31,34H2,(H,56,60,61)/t41?,43?,45-,49?,51+/m1/s1. The van der Waals surface area contributed by atoms with E-state index in [1.165, 1.54) is 16.7 Å². The zero-order chi connectivity index (χ0) is 45.1. The average Bonchev–Trinajstić information content (AvgIpc) is 3.59. The molecule has 0 spiro atoms. The van der Waals surface area contributed by atoms with Crippen molar-refractivity contribution in [3.63, 3.8) is 0 Å². The summed E-state index contributed by atoms with van der Waals surface area (Å²) in [6, 6.07) is 36.7. The molecular weight excluding hydrogens is 836 g/mol. The van der Waals surface area contributed by atoms with E-state index in [0.717, 1.165) is 104 Å². The number of halogens is 1. The highest BCUT2D eigenvalue weighted by molar-refractivity contribution is 6.23. The molecule has 5 aromatic rings. The van der Waals surface area contributed by atoms with Crippen molar-refractivity contribution in [1.82, 2.24) is 15.1 Å². The number of amides is 4. The summed E-state index contributed by atoms with van der Waals surface area (Å²) < 4.78 is 33.2. The van der Waals surface area contributed by atoms with E-state index in [4.69, 9.17) is 14.2 Å². The highest BCUT2D eigenvalue weighted by Gasteiger charge is 2.45. The molecule has 1 N–H and O–H groups in total. The second-order valence-corrected chi connectivity index (χ2v) is 18.3. The maximum Gasteiger partial charge on any atom is 0.262 e. The molecule has 5 aromatic carbocycles. The maximum absolute atomic E-state index is 14.0. The van der Waals surface area contributed by atoms with E-state index in [0.29, 0.717) is 24.3 Å². The third-order valence-electron chi connectivity index (χ3n) is 14.2. The third-order valence-corrected chi connectivity index (χ3v) is 14.2. The number of piperazine rings is 1. The monoisotopic (exact) mass is 890 g/mol. The van der Waals surface area contributed by atoms with Crippen molar-refractivity contribution in [2.75, 3.05) is 44.2 Å². The Bertz CT molecular complexity index is 2570. The first-order valence-electron chi connectivity index (χ1n) is 23.5. The third kappa shape index (κ3) is 9.35. The molecule has 5 aliphatic rings. The summed E-state index contributed by atoms with van der Waals surface area (Å²) >= 11 is 0. The van der Waals surface area contributed by atoms with E-state index >= 15 is 0 Å². The second kappa shape index (κ2) is 19.2.